The highest BCUT2D eigenvalue weighted by Gasteiger charge is 2.45. The van der Waals surface area contributed by atoms with Crippen LogP contribution in [0.3, 0.4) is 0 Å². The number of nitriles is 1. The highest BCUT2D eigenvalue weighted by atomic mass is 19.4. The maximum absolute atomic E-state index is 11.5. The van der Waals surface area contributed by atoms with Crippen molar-refractivity contribution in [2.75, 3.05) is 19.1 Å². The predicted octanol–water partition coefficient (Wildman–Crippen LogP) is 5.30. The quantitative estimate of drug-likeness (QED) is 0.514. The number of carbonyl (C=O) groups is 2. The first-order chi connectivity index (χ1) is 18.9. The Kier molecular flexibility index (Phi) is 8.49. The van der Waals surface area contributed by atoms with Gasteiger partial charge in [0.25, 0.3) is 0 Å². The minimum Gasteiger partial charge on any atom is -0.478 e. The molecule has 2 aromatic rings. The van der Waals surface area contributed by atoms with E-state index in [1.165, 1.54) is 25.7 Å². The summed E-state index contributed by atoms with van der Waals surface area (Å²) in [6, 6.07) is 14.2. The molecule has 11 heteroatoms. The van der Waals surface area contributed by atoms with Gasteiger partial charge in [0.1, 0.15) is 0 Å². The number of benzene rings is 2. The molecule has 0 radical (unpaired) electrons. The van der Waals surface area contributed by atoms with Crippen molar-refractivity contribution in [3.8, 4) is 6.07 Å². The Balaban J connectivity index is 0.000000470. The van der Waals surface area contributed by atoms with E-state index < -0.39 is 18.1 Å². The average molecular weight is 557 g/mol. The third-order valence-electron chi connectivity index (χ3n) is 7.70. The third-order valence-corrected chi connectivity index (χ3v) is 7.70. The lowest BCUT2D eigenvalue weighted by Crippen LogP contribution is -2.40. The van der Waals surface area contributed by atoms with E-state index in [-0.39, 0.29) is 0 Å². The van der Waals surface area contributed by atoms with Gasteiger partial charge >= 0.3 is 18.1 Å². The van der Waals surface area contributed by atoms with Crippen LogP contribution in [0.15, 0.2) is 41.5 Å². The summed E-state index contributed by atoms with van der Waals surface area (Å²) < 4.78 is 31.7. The Morgan fingerprint density at radius 1 is 1.10 bits per heavy atom. The zero-order valence-corrected chi connectivity index (χ0v) is 22.3. The SMILES string of the molecule is CN(C)Cc1cc(N2N=C3c4ccc(C(=O)O)cc4CCC3C2C2CCCC2)ccc1C#N.O=C(O)C(F)(F)F. The average Bonchev–Trinajstić information content (AvgIpc) is 3.55. The highest BCUT2D eigenvalue weighted by molar-refractivity contribution is 6.07. The first-order valence-corrected chi connectivity index (χ1v) is 13.1. The number of carboxylic acid groups (broad SMARTS) is 2. The van der Waals surface area contributed by atoms with Crippen LogP contribution in [0, 0.1) is 23.2 Å². The van der Waals surface area contributed by atoms with Gasteiger partial charge in [-0.25, -0.2) is 9.59 Å². The minimum absolute atomic E-state index is 0.315. The van der Waals surface area contributed by atoms with E-state index in [9.17, 15) is 28.3 Å². The number of hydrogen-bond donors (Lipinski definition) is 2. The molecular weight excluding hydrogens is 525 g/mol. The second-order valence-electron chi connectivity index (χ2n) is 10.7. The highest BCUT2D eigenvalue weighted by Crippen LogP contribution is 2.45. The molecule has 2 N–H and O–H groups in total. The van der Waals surface area contributed by atoms with E-state index >= 15 is 0 Å². The Morgan fingerprint density at radius 3 is 2.35 bits per heavy atom. The Labute approximate surface area is 230 Å². The summed E-state index contributed by atoms with van der Waals surface area (Å²) in [5.74, 6) is -2.69. The second-order valence-corrected chi connectivity index (χ2v) is 10.7. The molecule has 2 aromatic carbocycles. The van der Waals surface area contributed by atoms with Crippen LogP contribution < -0.4 is 5.01 Å². The lowest BCUT2D eigenvalue weighted by Gasteiger charge is -2.34. The molecule has 2 atom stereocenters. The first-order valence-electron chi connectivity index (χ1n) is 13.1. The molecule has 5 rings (SSSR count). The monoisotopic (exact) mass is 556 g/mol. The summed E-state index contributed by atoms with van der Waals surface area (Å²) in [4.78, 5) is 22.5. The molecule has 1 saturated carbocycles. The van der Waals surface area contributed by atoms with Crippen LogP contribution in [0.4, 0.5) is 18.9 Å². The smallest absolute Gasteiger partial charge is 0.478 e. The molecular formula is C29H31F3N4O4. The molecule has 0 spiro atoms. The number of aryl methyl sites for hydroxylation is 1. The fourth-order valence-electron chi connectivity index (χ4n) is 6.00. The van der Waals surface area contributed by atoms with E-state index in [4.69, 9.17) is 15.0 Å². The van der Waals surface area contributed by atoms with E-state index in [1.807, 2.05) is 38.4 Å². The summed E-state index contributed by atoms with van der Waals surface area (Å²) in [5.41, 5.74) is 6.41. The van der Waals surface area contributed by atoms with Gasteiger partial charge in [0, 0.05) is 18.0 Å². The van der Waals surface area contributed by atoms with Crippen LogP contribution in [0.1, 0.15) is 64.7 Å². The lowest BCUT2D eigenvalue weighted by molar-refractivity contribution is -0.192. The Morgan fingerprint density at radius 2 is 1.77 bits per heavy atom. The van der Waals surface area contributed by atoms with Gasteiger partial charge in [-0.15, -0.1) is 0 Å². The van der Waals surface area contributed by atoms with Crippen LogP contribution in [-0.2, 0) is 17.8 Å². The first kappa shape index (κ1) is 29.1. The molecule has 3 aliphatic rings. The summed E-state index contributed by atoms with van der Waals surface area (Å²) in [6.07, 6.45) is 1.80. The Bertz CT molecular complexity index is 1360. The lowest BCUT2D eigenvalue weighted by atomic mass is 9.75. The van der Waals surface area contributed by atoms with E-state index in [2.05, 4.69) is 22.0 Å². The van der Waals surface area contributed by atoms with Crippen molar-refractivity contribution in [3.05, 3.63) is 64.2 Å². The number of halogens is 3. The molecule has 0 amide bonds. The van der Waals surface area contributed by atoms with E-state index in [1.54, 1.807) is 6.07 Å². The molecule has 212 valence electrons. The predicted molar refractivity (Wildman–Crippen MR) is 142 cm³/mol. The fourth-order valence-corrected chi connectivity index (χ4v) is 6.00. The summed E-state index contributed by atoms with van der Waals surface area (Å²) >= 11 is 0. The van der Waals surface area contributed by atoms with Gasteiger partial charge < -0.3 is 15.1 Å². The molecule has 2 aliphatic carbocycles. The zero-order valence-electron chi connectivity index (χ0n) is 22.3. The largest absolute Gasteiger partial charge is 0.490 e. The van der Waals surface area contributed by atoms with E-state index in [0.717, 1.165) is 40.9 Å². The van der Waals surface area contributed by atoms with Gasteiger partial charge in [-0.05, 0) is 87.2 Å². The number of fused-ring (bicyclic) bond motifs is 3. The number of alkyl halides is 3. The molecule has 0 aromatic heterocycles. The number of anilines is 1. The maximum atomic E-state index is 11.5. The van der Waals surface area contributed by atoms with Crippen molar-refractivity contribution in [3.63, 3.8) is 0 Å². The van der Waals surface area contributed by atoms with Gasteiger partial charge in [0.15, 0.2) is 0 Å². The maximum Gasteiger partial charge on any atom is 0.490 e. The number of rotatable bonds is 5. The summed E-state index contributed by atoms with van der Waals surface area (Å²) in [6.45, 7) is 0.708. The van der Waals surface area contributed by atoms with Crippen molar-refractivity contribution in [2.24, 2.45) is 16.9 Å². The van der Waals surface area contributed by atoms with Crippen molar-refractivity contribution >= 4 is 23.3 Å². The van der Waals surface area contributed by atoms with Crippen molar-refractivity contribution < 1.29 is 33.0 Å². The molecule has 1 fully saturated rings. The number of aliphatic carboxylic acids is 1. The summed E-state index contributed by atoms with van der Waals surface area (Å²) in [5, 5.41) is 33.6. The van der Waals surface area contributed by atoms with Gasteiger partial charge in [0.2, 0.25) is 0 Å². The zero-order chi connectivity index (χ0) is 29.2. The van der Waals surface area contributed by atoms with Crippen LogP contribution in [0.5, 0.6) is 0 Å². The number of aromatic carboxylic acids is 1. The molecule has 8 nitrogen and oxygen atoms in total. The van der Waals surface area contributed by atoms with Crippen molar-refractivity contribution in [1.82, 2.24) is 4.90 Å². The van der Waals surface area contributed by atoms with Gasteiger partial charge in [0.05, 0.1) is 34.6 Å². The van der Waals surface area contributed by atoms with Crippen LogP contribution in [0.2, 0.25) is 0 Å². The minimum atomic E-state index is -5.08. The van der Waals surface area contributed by atoms with E-state index in [0.29, 0.717) is 35.5 Å². The number of hydrogen-bond acceptors (Lipinski definition) is 6. The normalized spacial score (nSPS) is 20.2. The molecule has 1 heterocycles. The Hall–Kier alpha value is -3.91. The molecule has 0 saturated heterocycles. The molecule has 40 heavy (non-hydrogen) atoms. The van der Waals surface area contributed by atoms with Gasteiger partial charge in [-0.1, -0.05) is 18.9 Å². The number of carboxylic acids is 2. The van der Waals surface area contributed by atoms with Crippen LogP contribution in [0.25, 0.3) is 0 Å². The molecule has 1 aliphatic heterocycles. The molecule has 0 bridgehead atoms. The summed E-state index contributed by atoms with van der Waals surface area (Å²) in [7, 11) is 4.03. The van der Waals surface area contributed by atoms with Gasteiger partial charge in [-0.3, -0.25) is 5.01 Å². The van der Waals surface area contributed by atoms with Crippen LogP contribution >= 0.6 is 0 Å². The molecule has 2 unspecified atom stereocenters. The van der Waals surface area contributed by atoms with Crippen molar-refractivity contribution in [1.29, 1.82) is 5.26 Å². The fraction of sp³-hybridized carbons (Fsp3) is 0.448. The second kappa shape index (κ2) is 11.7. The van der Waals surface area contributed by atoms with Crippen molar-refractivity contribution in [2.45, 2.75) is 57.3 Å². The number of hydrazone groups is 1. The topological polar surface area (TPSA) is 117 Å². The number of nitrogens with zero attached hydrogens (tertiary/aromatic N) is 4. The van der Waals surface area contributed by atoms with Crippen LogP contribution in [-0.4, -0.2) is 59.1 Å². The standard InChI is InChI=1S/C27H30N4O2.C2HF3O2/c1-30(2)16-21-14-22(10-7-20(21)15-28)31-26(17-5-3-4-6-17)24-12-8-18-13-19(27(32)33)9-11-23(18)25(24)29-31;3-2(4,5)1(6)7/h7,9-11,13-14,17,24,26H,3-6,8,12,16H2,1-2H3,(H,32,33);(H,6,7). The van der Waals surface area contributed by atoms with Gasteiger partial charge in [-0.2, -0.15) is 23.5 Å². The third kappa shape index (κ3) is 6.12.